The molecule has 2 aliphatic rings. The van der Waals surface area contributed by atoms with Crippen molar-refractivity contribution >= 4 is 11.9 Å². The lowest BCUT2D eigenvalue weighted by atomic mass is 9.84. The summed E-state index contributed by atoms with van der Waals surface area (Å²) in [5.74, 6) is 1.01. The summed E-state index contributed by atoms with van der Waals surface area (Å²) in [6, 6.07) is 6.36. The fraction of sp³-hybridized carbons (Fsp3) is 0.529. The summed E-state index contributed by atoms with van der Waals surface area (Å²) in [5.41, 5.74) is 0.570. The number of hydrogen-bond acceptors (Lipinski definition) is 2. The Morgan fingerprint density at radius 2 is 2.00 bits per heavy atom. The fourth-order valence-corrected chi connectivity index (χ4v) is 4.10. The molecule has 2 bridgehead atoms. The zero-order valence-corrected chi connectivity index (χ0v) is 12.2. The van der Waals surface area contributed by atoms with Crippen LogP contribution in [0.4, 0.5) is 0 Å². The summed E-state index contributed by atoms with van der Waals surface area (Å²) in [4.78, 5) is 23.3. The van der Waals surface area contributed by atoms with E-state index in [4.69, 9.17) is 5.11 Å². The molecule has 0 aromatic heterocycles. The quantitative estimate of drug-likeness (QED) is 0.894. The third-order valence-corrected chi connectivity index (χ3v) is 5.17. The lowest BCUT2D eigenvalue weighted by Gasteiger charge is -2.28. The van der Waals surface area contributed by atoms with Crippen molar-refractivity contribution < 1.29 is 14.7 Å². The molecule has 2 saturated carbocycles. The van der Waals surface area contributed by atoms with Crippen molar-refractivity contribution in [3.63, 3.8) is 0 Å². The van der Waals surface area contributed by atoms with Crippen LogP contribution in [0.3, 0.4) is 0 Å². The molecule has 3 rings (SSSR count). The Balaban J connectivity index is 1.66. The zero-order valence-electron chi connectivity index (χ0n) is 12.2. The molecule has 1 aromatic carbocycles. The summed E-state index contributed by atoms with van der Waals surface area (Å²) >= 11 is 0. The van der Waals surface area contributed by atoms with Crippen LogP contribution in [0, 0.1) is 17.8 Å². The van der Waals surface area contributed by atoms with E-state index >= 15 is 0 Å². The van der Waals surface area contributed by atoms with Gasteiger partial charge in [-0.3, -0.25) is 4.79 Å². The predicted octanol–water partition coefficient (Wildman–Crippen LogP) is 2.94. The minimum absolute atomic E-state index is 0.148. The second kappa shape index (κ2) is 5.51. The van der Waals surface area contributed by atoms with E-state index in [0.717, 1.165) is 11.8 Å². The molecule has 0 heterocycles. The summed E-state index contributed by atoms with van der Waals surface area (Å²) in [5, 5.41) is 12.0. The lowest BCUT2D eigenvalue weighted by molar-refractivity contribution is 0.0697. The van der Waals surface area contributed by atoms with E-state index in [9.17, 15) is 9.59 Å². The van der Waals surface area contributed by atoms with Crippen molar-refractivity contribution in [2.45, 2.75) is 38.6 Å². The predicted molar refractivity (Wildman–Crippen MR) is 79.3 cm³/mol. The van der Waals surface area contributed by atoms with Gasteiger partial charge in [-0.15, -0.1) is 0 Å². The van der Waals surface area contributed by atoms with Crippen LogP contribution in [-0.4, -0.2) is 23.0 Å². The largest absolute Gasteiger partial charge is 0.478 e. The molecule has 4 heteroatoms. The summed E-state index contributed by atoms with van der Waals surface area (Å²) in [7, 11) is 0. The van der Waals surface area contributed by atoms with Crippen molar-refractivity contribution in [2.24, 2.45) is 17.8 Å². The second-order valence-electron chi connectivity index (χ2n) is 6.49. The first kappa shape index (κ1) is 14.1. The van der Waals surface area contributed by atoms with Gasteiger partial charge in [-0.1, -0.05) is 12.5 Å². The van der Waals surface area contributed by atoms with Crippen LogP contribution in [0.5, 0.6) is 0 Å². The summed E-state index contributed by atoms with van der Waals surface area (Å²) in [6.07, 6.45) is 5.19. The van der Waals surface area contributed by atoms with E-state index in [-0.39, 0.29) is 17.5 Å². The van der Waals surface area contributed by atoms with E-state index in [1.54, 1.807) is 12.1 Å². The van der Waals surface area contributed by atoms with Crippen molar-refractivity contribution in [2.75, 3.05) is 0 Å². The van der Waals surface area contributed by atoms with E-state index in [0.29, 0.717) is 11.5 Å². The Labute approximate surface area is 124 Å². The Kier molecular flexibility index (Phi) is 3.70. The van der Waals surface area contributed by atoms with Crippen molar-refractivity contribution in [1.82, 2.24) is 5.32 Å². The van der Waals surface area contributed by atoms with Crippen LogP contribution in [0.1, 0.15) is 53.3 Å². The average molecular weight is 287 g/mol. The van der Waals surface area contributed by atoms with Crippen LogP contribution >= 0.6 is 0 Å². The van der Waals surface area contributed by atoms with Gasteiger partial charge in [0.25, 0.3) is 5.91 Å². The topological polar surface area (TPSA) is 66.4 Å². The minimum atomic E-state index is -1.01. The van der Waals surface area contributed by atoms with Crippen LogP contribution < -0.4 is 5.32 Å². The fourth-order valence-electron chi connectivity index (χ4n) is 4.10. The van der Waals surface area contributed by atoms with Crippen LogP contribution in [0.2, 0.25) is 0 Å². The standard InChI is InChI=1S/C17H21NO3/c1-10(15-8-11-5-6-12(15)7-11)18-16(19)13-3-2-4-14(9-13)17(20)21/h2-4,9-12,15H,5-8H2,1H3,(H,18,19)(H,20,21)/t10-,11+,12+,15-/m1/s1. The highest BCUT2D eigenvalue weighted by Gasteiger charge is 2.42. The Morgan fingerprint density at radius 3 is 2.62 bits per heavy atom. The third-order valence-electron chi connectivity index (χ3n) is 5.17. The van der Waals surface area contributed by atoms with Crippen molar-refractivity contribution in [1.29, 1.82) is 0 Å². The summed E-state index contributed by atoms with van der Waals surface area (Å²) in [6.45, 7) is 2.07. The normalized spacial score (nSPS) is 28.3. The zero-order chi connectivity index (χ0) is 15.0. The number of nitrogens with one attached hydrogen (secondary N) is 1. The highest BCUT2D eigenvalue weighted by Crippen LogP contribution is 2.49. The molecule has 1 amide bonds. The molecule has 0 aliphatic heterocycles. The molecule has 4 nitrogen and oxygen atoms in total. The van der Waals surface area contributed by atoms with Gasteiger partial charge in [0.1, 0.15) is 0 Å². The molecule has 0 saturated heterocycles. The van der Waals surface area contributed by atoms with Crippen LogP contribution in [0.25, 0.3) is 0 Å². The first-order valence-corrected chi connectivity index (χ1v) is 7.69. The molecule has 21 heavy (non-hydrogen) atoms. The number of carbonyl (C=O) groups excluding carboxylic acids is 1. The number of carboxylic acid groups (broad SMARTS) is 1. The maximum atomic E-state index is 12.3. The molecule has 112 valence electrons. The van der Waals surface area contributed by atoms with E-state index in [1.807, 2.05) is 0 Å². The number of rotatable bonds is 4. The van der Waals surface area contributed by atoms with Gasteiger partial charge in [0.15, 0.2) is 0 Å². The third kappa shape index (κ3) is 2.80. The smallest absolute Gasteiger partial charge is 0.335 e. The number of aromatic carboxylic acids is 1. The number of carbonyl (C=O) groups is 2. The van der Waals surface area contributed by atoms with Crippen LogP contribution in [0.15, 0.2) is 24.3 Å². The maximum Gasteiger partial charge on any atom is 0.335 e. The SMILES string of the molecule is C[C@@H](NC(=O)c1cccc(C(=O)O)c1)[C@H]1C[C@H]2CC[C@H]1C2. The minimum Gasteiger partial charge on any atom is -0.478 e. The number of carboxylic acids is 1. The first-order chi connectivity index (χ1) is 10.0. The summed E-state index contributed by atoms with van der Waals surface area (Å²) < 4.78 is 0. The Bertz CT molecular complexity index is 569. The first-order valence-electron chi connectivity index (χ1n) is 7.69. The molecule has 2 fully saturated rings. The van der Waals surface area contributed by atoms with Gasteiger partial charge >= 0.3 is 5.97 Å². The number of benzene rings is 1. The van der Waals surface area contributed by atoms with Crippen LogP contribution in [-0.2, 0) is 0 Å². The molecule has 1 aromatic rings. The number of fused-ring (bicyclic) bond motifs is 2. The molecule has 0 spiro atoms. The van der Waals surface area contributed by atoms with Gasteiger partial charge < -0.3 is 10.4 Å². The number of amides is 1. The van der Waals surface area contributed by atoms with E-state index in [2.05, 4.69) is 12.2 Å². The van der Waals surface area contributed by atoms with Crippen molar-refractivity contribution in [3.05, 3.63) is 35.4 Å². The Morgan fingerprint density at radius 1 is 1.24 bits per heavy atom. The molecule has 2 N–H and O–H groups in total. The van der Waals surface area contributed by atoms with Gasteiger partial charge in [-0.25, -0.2) is 4.79 Å². The average Bonchev–Trinajstić information content (AvgIpc) is 3.10. The number of hydrogen-bond donors (Lipinski definition) is 2. The van der Waals surface area contributed by atoms with E-state index in [1.165, 1.54) is 37.8 Å². The van der Waals surface area contributed by atoms with Gasteiger partial charge in [0.05, 0.1) is 5.56 Å². The monoisotopic (exact) mass is 287 g/mol. The van der Waals surface area contributed by atoms with Crippen molar-refractivity contribution in [3.8, 4) is 0 Å². The second-order valence-corrected chi connectivity index (χ2v) is 6.49. The van der Waals surface area contributed by atoms with Gasteiger partial charge in [0, 0.05) is 11.6 Å². The molecule has 0 unspecified atom stereocenters. The van der Waals surface area contributed by atoms with Gasteiger partial charge in [0.2, 0.25) is 0 Å². The van der Waals surface area contributed by atoms with Gasteiger partial charge in [-0.05, 0) is 62.1 Å². The van der Waals surface area contributed by atoms with E-state index < -0.39 is 5.97 Å². The highest BCUT2D eigenvalue weighted by atomic mass is 16.4. The molecular weight excluding hydrogens is 266 g/mol. The van der Waals surface area contributed by atoms with Gasteiger partial charge in [-0.2, -0.15) is 0 Å². The highest BCUT2D eigenvalue weighted by molar-refractivity contribution is 5.97. The molecule has 2 aliphatic carbocycles. The molecular formula is C17H21NO3. The maximum absolute atomic E-state index is 12.3. The Hall–Kier alpha value is -1.84. The molecule has 0 radical (unpaired) electrons. The lowest BCUT2D eigenvalue weighted by Crippen LogP contribution is -2.40. The molecule has 4 atom stereocenters.